The predicted molar refractivity (Wildman–Crippen MR) is 81.3 cm³/mol. The normalized spacial score (nSPS) is 10.2. The van der Waals surface area contributed by atoms with E-state index < -0.39 is 0 Å². The fourth-order valence-corrected chi connectivity index (χ4v) is 2.03. The molecule has 0 unspecified atom stereocenters. The first-order chi connectivity index (χ1) is 10.0. The first-order valence-corrected chi connectivity index (χ1v) is 6.72. The summed E-state index contributed by atoms with van der Waals surface area (Å²) in [6.07, 6.45) is 1.57. The second-order valence-electron chi connectivity index (χ2n) is 4.67. The fourth-order valence-electron chi connectivity index (χ4n) is 2.03. The van der Waals surface area contributed by atoms with Crippen LogP contribution >= 0.6 is 0 Å². The molecule has 0 bridgehead atoms. The molecule has 2 aromatic rings. The van der Waals surface area contributed by atoms with Gasteiger partial charge in [-0.15, -0.1) is 0 Å². The first kappa shape index (κ1) is 14.8. The molecule has 110 valence electrons. The topological polar surface area (TPSA) is 76.0 Å². The molecule has 6 nitrogen and oxygen atoms in total. The largest absolute Gasteiger partial charge is 0.326 e. The Hall–Kier alpha value is -2.63. The molecule has 2 amide bonds. The third-order valence-corrected chi connectivity index (χ3v) is 3.11. The van der Waals surface area contributed by atoms with Crippen LogP contribution in [-0.2, 0) is 11.3 Å². The monoisotopic (exact) mass is 286 g/mol. The summed E-state index contributed by atoms with van der Waals surface area (Å²) < 4.78 is 1.77. The molecule has 1 heterocycles. The number of aryl methyl sites for hydroxylation is 1. The van der Waals surface area contributed by atoms with Crippen molar-refractivity contribution >= 4 is 23.2 Å². The van der Waals surface area contributed by atoms with E-state index in [2.05, 4.69) is 15.7 Å². The standard InChI is InChI=1S/C15H18N4O2/c1-4-19-10(2)14(9-16-19)15(21)18-13-7-5-12(6-8-13)17-11(3)20/h5-9H,4H2,1-3H3,(H,17,20)(H,18,21). The molecule has 6 heteroatoms. The highest BCUT2D eigenvalue weighted by atomic mass is 16.2. The van der Waals surface area contributed by atoms with Gasteiger partial charge in [0.2, 0.25) is 5.91 Å². The summed E-state index contributed by atoms with van der Waals surface area (Å²) in [6, 6.07) is 6.95. The summed E-state index contributed by atoms with van der Waals surface area (Å²) >= 11 is 0. The summed E-state index contributed by atoms with van der Waals surface area (Å²) in [5, 5.41) is 9.64. The van der Waals surface area contributed by atoms with E-state index in [1.165, 1.54) is 6.92 Å². The first-order valence-electron chi connectivity index (χ1n) is 6.72. The highest BCUT2D eigenvalue weighted by Gasteiger charge is 2.13. The maximum Gasteiger partial charge on any atom is 0.259 e. The third kappa shape index (κ3) is 3.47. The van der Waals surface area contributed by atoms with E-state index in [0.29, 0.717) is 16.9 Å². The lowest BCUT2D eigenvalue weighted by Crippen LogP contribution is -2.13. The minimum atomic E-state index is -0.195. The summed E-state index contributed by atoms with van der Waals surface area (Å²) in [5.41, 5.74) is 2.75. The number of rotatable bonds is 4. The molecule has 0 aliphatic heterocycles. The van der Waals surface area contributed by atoms with Crippen LogP contribution in [0.3, 0.4) is 0 Å². The van der Waals surface area contributed by atoms with Crippen LogP contribution in [0.1, 0.15) is 29.9 Å². The van der Waals surface area contributed by atoms with Crippen molar-refractivity contribution in [2.45, 2.75) is 27.3 Å². The molecule has 0 aliphatic carbocycles. The lowest BCUT2D eigenvalue weighted by atomic mass is 10.2. The Labute approximate surface area is 123 Å². The maximum atomic E-state index is 12.2. The molecule has 0 aliphatic rings. The van der Waals surface area contributed by atoms with Crippen LogP contribution in [0.15, 0.2) is 30.5 Å². The number of hydrogen-bond acceptors (Lipinski definition) is 3. The Morgan fingerprint density at radius 1 is 1.14 bits per heavy atom. The van der Waals surface area contributed by atoms with Crippen molar-refractivity contribution in [2.24, 2.45) is 0 Å². The van der Waals surface area contributed by atoms with E-state index in [9.17, 15) is 9.59 Å². The lowest BCUT2D eigenvalue weighted by molar-refractivity contribution is -0.114. The Kier molecular flexibility index (Phi) is 4.37. The Morgan fingerprint density at radius 3 is 2.19 bits per heavy atom. The van der Waals surface area contributed by atoms with Gasteiger partial charge in [-0.05, 0) is 38.1 Å². The minimum Gasteiger partial charge on any atom is -0.326 e. The van der Waals surface area contributed by atoms with Crippen LogP contribution in [0.4, 0.5) is 11.4 Å². The summed E-state index contributed by atoms with van der Waals surface area (Å²) in [4.78, 5) is 23.1. The van der Waals surface area contributed by atoms with Crippen LogP contribution in [0, 0.1) is 6.92 Å². The zero-order valence-electron chi connectivity index (χ0n) is 12.3. The molecule has 2 N–H and O–H groups in total. The number of amides is 2. The zero-order chi connectivity index (χ0) is 15.4. The summed E-state index contributed by atoms with van der Waals surface area (Å²) in [7, 11) is 0. The van der Waals surface area contributed by atoms with Gasteiger partial charge >= 0.3 is 0 Å². The van der Waals surface area contributed by atoms with Gasteiger partial charge in [0.25, 0.3) is 5.91 Å². The van der Waals surface area contributed by atoms with E-state index in [0.717, 1.165) is 12.2 Å². The van der Waals surface area contributed by atoms with E-state index in [1.54, 1.807) is 35.1 Å². The number of anilines is 2. The number of nitrogens with one attached hydrogen (secondary N) is 2. The van der Waals surface area contributed by atoms with E-state index in [1.807, 2.05) is 13.8 Å². The molecular formula is C15H18N4O2. The lowest BCUT2D eigenvalue weighted by Gasteiger charge is -2.07. The molecule has 0 atom stereocenters. The SMILES string of the molecule is CCn1ncc(C(=O)Nc2ccc(NC(C)=O)cc2)c1C. The Bertz CT molecular complexity index is 659. The average molecular weight is 286 g/mol. The predicted octanol–water partition coefficient (Wildman–Crippen LogP) is 2.42. The zero-order valence-corrected chi connectivity index (χ0v) is 12.3. The second kappa shape index (κ2) is 6.21. The van der Waals surface area contributed by atoms with Crippen molar-refractivity contribution in [3.05, 3.63) is 41.7 Å². The summed E-state index contributed by atoms with van der Waals surface area (Å²) in [5.74, 6) is -0.325. The minimum absolute atomic E-state index is 0.130. The van der Waals surface area contributed by atoms with Crippen molar-refractivity contribution in [2.75, 3.05) is 10.6 Å². The highest BCUT2D eigenvalue weighted by Crippen LogP contribution is 2.15. The van der Waals surface area contributed by atoms with Crippen molar-refractivity contribution in [3.8, 4) is 0 Å². The van der Waals surface area contributed by atoms with Crippen molar-refractivity contribution in [3.63, 3.8) is 0 Å². The molecule has 0 saturated heterocycles. The van der Waals surface area contributed by atoms with Crippen molar-refractivity contribution in [1.29, 1.82) is 0 Å². The molecule has 1 aromatic carbocycles. The molecule has 0 fully saturated rings. The molecule has 0 spiro atoms. The maximum absolute atomic E-state index is 12.2. The highest BCUT2D eigenvalue weighted by molar-refractivity contribution is 6.05. The second-order valence-corrected chi connectivity index (χ2v) is 4.67. The number of benzene rings is 1. The molecule has 0 radical (unpaired) electrons. The molecule has 2 rings (SSSR count). The number of carbonyl (C=O) groups excluding carboxylic acids is 2. The number of carbonyl (C=O) groups is 2. The van der Waals surface area contributed by atoms with Gasteiger partial charge < -0.3 is 10.6 Å². The quantitative estimate of drug-likeness (QED) is 0.906. The van der Waals surface area contributed by atoms with Crippen LogP contribution < -0.4 is 10.6 Å². The number of nitrogens with zero attached hydrogens (tertiary/aromatic N) is 2. The molecule has 21 heavy (non-hydrogen) atoms. The third-order valence-electron chi connectivity index (χ3n) is 3.11. The molecule has 1 aromatic heterocycles. The van der Waals surface area contributed by atoms with Gasteiger partial charge in [0.05, 0.1) is 11.8 Å². The molecule has 0 saturated carbocycles. The van der Waals surface area contributed by atoms with Gasteiger partial charge in [0, 0.05) is 30.5 Å². The van der Waals surface area contributed by atoms with Crippen LogP contribution in [0.2, 0.25) is 0 Å². The molecular weight excluding hydrogens is 268 g/mol. The Balaban J connectivity index is 2.08. The van der Waals surface area contributed by atoms with Gasteiger partial charge in [-0.3, -0.25) is 14.3 Å². The van der Waals surface area contributed by atoms with Gasteiger partial charge in [-0.25, -0.2) is 0 Å². The van der Waals surface area contributed by atoms with Gasteiger partial charge in [0.15, 0.2) is 0 Å². The summed E-state index contributed by atoms with van der Waals surface area (Å²) in [6.45, 7) is 6.02. The fraction of sp³-hybridized carbons (Fsp3) is 0.267. The van der Waals surface area contributed by atoms with Crippen molar-refractivity contribution < 1.29 is 9.59 Å². The smallest absolute Gasteiger partial charge is 0.259 e. The van der Waals surface area contributed by atoms with Crippen LogP contribution in [0.25, 0.3) is 0 Å². The average Bonchev–Trinajstić information content (AvgIpc) is 2.81. The van der Waals surface area contributed by atoms with Crippen LogP contribution in [0.5, 0.6) is 0 Å². The van der Waals surface area contributed by atoms with Crippen LogP contribution in [-0.4, -0.2) is 21.6 Å². The van der Waals surface area contributed by atoms with E-state index in [-0.39, 0.29) is 11.8 Å². The number of hydrogen-bond donors (Lipinski definition) is 2. The van der Waals surface area contributed by atoms with Gasteiger partial charge in [-0.2, -0.15) is 5.10 Å². The number of aromatic nitrogens is 2. The van der Waals surface area contributed by atoms with E-state index >= 15 is 0 Å². The Morgan fingerprint density at radius 2 is 1.71 bits per heavy atom. The van der Waals surface area contributed by atoms with Gasteiger partial charge in [-0.1, -0.05) is 0 Å². The van der Waals surface area contributed by atoms with Gasteiger partial charge in [0.1, 0.15) is 0 Å². The van der Waals surface area contributed by atoms with Crippen molar-refractivity contribution in [1.82, 2.24) is 9.78 Å². The van der Waals surface area contributed by atoms with E-state index in [4.69, 9.17) is 0 Å².